The third-order valence-corrected chi connectivity index (χ3v) is 4.79. The van der Waals surface area contributed by atoms with Crippen LogP contribution in [0.4, 0.5) is 0 Å². The molecule has 110 valence electrons. The third kappa shape index (κ3) is 2.23. The van der Waals surface area contributed by atoms with Crippen molar-refractivity contribution in [2.75, 3.05) is 6.79 Å². The van der Waals surface area contributed by atoms with Gasteiger partial charge in [-0.1, -0.05) is 49.1 Å². The molecule has 0 amide bonds. The SMILES string of the molecule is Brc1cc2c(cc1-c1cnoc1-c1ccccc1Br)OCO2. The second-order valence-electron chi connectivity index (χ2n) is 4.73. The Morgan fingerprint density at radius 3 is 2.45 bits per heavy atom. The van der Waals surface area contributed by atoms with Crippen molar-refractivity contribution in [3.63, 3.8) is 0 Å². The standard InChI is InChI=1S/C16H9Br2NO3/c17-12-4-2-1-3-9(12)16-11(7-19-22-16)10-5-14-15(6-13(10)18)21-8-20-14/h1-7H,8H2. The molecule has 0 unspecified atom stereocenters. The molecule has 0 radical (unpaired) electrons. The van der Waals surface area contributed by atoms with Crippen LogP contribution in [0, 0.1) is 0 Å². The zero-order chi connectivity index (χ0) is 15.1. The van der Waals surface area contributed by atoms with Crippen LogP contribution in [0.5, 0.6) is 11.5 Å². The highest BCUT2D eigenvalue weighted by atomic mass is 79.9. The molecular formula is C16H9Br2NO3. The van der Waals surface area contributed by atoms with E-state index in [1.807, 2.05) is 36.4 Å². The van der Waals surface area contributed by atoms with Crippen molar-refractivity contribution < 1.29 is 14.0 Å². The van der Waals surface area contributed by atoms with E-state index in [0.29, 0.717) is 5.76 Å². The van der Waals surface area contributed by atoms with Crippen LogP contribution in [0.1, 0.15) is 0 Å². The fourth-order valence-corrected chi connectivity index (χ4v) is 3.40. The molecule has 22 heavy (non-hydrogen) atoms. The first-order valence-electron chi connectivity index (χ1n) is 6.53. The van der Waals surface area contributed by atoms with Gasteiger partial charge in [0.05, 0.1) is 11.8 Å². The molecule has 1 aliphatic rings. The summed E-state index contributed by atoms with van der Waals surface area (Å²) in [7, 11) is 0. The van der Waals surface area contributed by atoms with Gasteiger partial charge in [-0.25, -0.2) is 0 Å². The van der Waals surface area contributed by atoms with E-state index in [9.17, 15) is 0 Å². The first kappa shape index (κ1) is 13.8. The minimum atomic E-state index is 0.242. The Balaban J connectivity index is 1.89. The molecule has 0 fully saturated rings. The van der Waals surface area contributed by atoms with Crippen molar-refractivity contribution in [2.45, 2.75) is 0 Å². The third-order valence-electron chi connectivity index (χ3n) is 3.44. The molecule has 1 aliphatic heterocycles. The Bertz CT molecular complexity index is 860. The average Bonchev–Trinajstić information content (AvgIpc) is 3.15. The molecule has 3 aromatic rings. The summed E-state index contributed by atoms with van der Waals surface area (Å²) in [6.07, 6.45) is 1.71. The van der Waals surface area contributed by atoms with Gasteiger partial charge in [0.25, 0.3) is 0 Å². The largest absolute Gasteiger partial charge is 0.454 e. The van der Waals surface area contributed by atoms with Crippen LogP contribution >= 0.6 is 31.9 Å². The Kier molecular flexibility index (Phi) is 3.43. The fourth-order valence-electron chi connectivity index (χ4n) is 2.39. The van der Waals surface area contributed by atoms with Gasteiger partial charge in [0.15, 0.2) is 17.3 Å². The van der Waals surface area contributed by atoms with E-state index in [1.54, 1.807) is 6.20 Å². The quantitative estimate of drug-likeness (QED) is 0.564. The number of fused-ring (bicyclic) bond motifs is 1. The summed E-state index contributed by atoms with van der Waals surface area (Å²) in [5.74, 6) is 2.15. The predicted molar refractivity (Wildman–Crippen MR) is 88.9 cm³/mol. The number of rotatable bonds is 2. The topological polar surface area (TPSA) is 44.5 Å². The van der Waals surface area contributed by atoms with Crippen LogP contribution in [-0.4, -0.2) is 11.9 Å². The summed E-state index contributed by atoms with van der Waals surface area (Å²) in [5.41, 5.74) is 2.77. The maximum Gasteiger partial charge on any atom is 0.231 e. The number of benzene rings is 2. The van der Waals surface area contributed by atoms with Crippen LogP contribution in [-0.2, 0) is 0 Å². The summed E-state index contributed by atoms with van der Waals surface area (Å²) in [5, 5.41) is 3.96. The summed E-state index contributed by atoms with van der Waals surface area (Å²) in [6, 6.07) is 11.7. The molecule has 0 N–H and O–H groups in total. The first-order chi connectivity index (χ1) is 10.7. The minimum Gasteiger partial charge on any atom is -0.454 e. The van der Waals surface area contributed by atoms with Crippen molar-refractivity contribution in [1.82, 2.24) is 5.16 Å². The zero-order valence-electron chi connectivity index (χ0n) is 11.2. The molecule has 0 saturated heterocycles. The first-order valence-corrected chi connectivity index (χ1v) is 8.12. The fraction of sp³-hybridized carbons (Fsp3) is 0.0625. The second-order valence-corrected chi connectivity index (χ2v) is 6.44. The maximum atomic E-state index is 5.49. The Hall–Kier alpha value is -1.79. The number of hydrogen-bond donors (Lipinski definition) is 0. The summed E-state index contributed by atoms with van der Waals surface area (Å²) in [6.45, 7) is 0.242. The number of aromatic nitrogens is 1. The van der Waals surface area contributed by atoms with Gasteiger partial charge < -0.3 is 14.0 Å². The lowest BCUT2D eigenvalue weighted by Gasteiger charge is -2.07. The summed E-state index contributed by atoms with van der Waals surface area (Å²) < 4.78 is 18.2. The van der Waals surface area contributed by atoms with Crippen LogP contribution in [0.25, 0.3) is 22.5 Å². The molecule has 2 aromatic carbocycles. The Morgan fingerprint density at radius 1 is 0.864 bits per heavy atom. The number of halogens is 2. The van der Waals surface area contributed by atoms with Gasteiger partial charge in [-0.05, 0) is 24.3 Å². The van der Waals surface area contributed by atoms with Gasteiger partial charge in [-0.3, -0.25) is 0 Å². The van der Waals surface area contributed by atoms with Crippen molar-refractivity contribution in [2.24, 2.45) is 0 Å². The lowest BCUT2D eigenvalue weighted by atomic mass is 10.0. The Labute approximate surface area is 143 Å². The molecule has 1 aromatic heterocycles. The van der Waals surface area contributed by atoms with Crippen LogP contribution < -0.4 is 9.47 Å². The molecule has 4 rings (SSSR count). The predicted octanol–water partition coefficient (Wildman–Crippen LogP) is 5.26. The number of ether oxygens (including phenoxy) is 2. The molecule has 0 aliphatic carbocycles. The lowest BCUT2D eigenvalue weighted by molar-refractivity contribution is 0.174. The van der Waals surface area contributed by atoms with Crippen LogP contribution in [0.15, 0.2) is 56.1 Å². The van der Waals surface area contributed by atoms with Gasteiger partial charge in [0, 0.05) is 20.1 Å². The molecule has 2 heterocycles. The van der Waals surface area contributed by atoms with Crippen molar-refractivity contribution in [3.8, 4) is 33.9 Å². The van der Waals surface area contributed by atoms with Crippen molar-refractivity contribution >= 4 is 31.9 Å². The van der Waals surface area contributed by atoms with E-state index in [0.717, 1.165) is 37.1 Å². The Morgan fingerprint density at radius 2 is 1.64 bits per heavy atom. The van der Waals surface area contributed by atoms with E-state index in [-0.39, 0.29) is 6.79 Å². The van der Waals surface area contributed by atoms with Gasteiger partial charge in [-0.2, -0.15) is 0 Å². The molecule has 0 saturated carbocycles. The van der Waals surface area contributed by atoms with E-state index >= 15 is 0 Å². The minimum absolute atomic E-state index is 0.242. The van der Waals surface area contributed by atoms with Gasteiger partial charge >= 0.3 is 0 Å². The van der Waals surface area contributed by atoms with Gasteiger partial charge in [0.1, 0.15) is 0 Å². The summed E-state index contributed by atoms with van der Waals surface area (Å²) in [4.78, 5) is 0. The van der Waals surface area contributed by atoms with Gasteiger partial charge in [-0.15, -0.1) is 0 Å². The zero-order valence-corrected chi connectivity index (χ0v) is 14.3. The van der Waals surface area contributed by atoms with E-state index < -0.39 is 0 Å². The summed E-state index contributed by atoms with van der Waals surface area (Å²) >= 11 is 7.13. The molecule has 0 bridgehead atoms. The average molecular weight is 423 g/mol. The lowest BCUT2D eigenvalue weighted by Crippen LogP contribution is -1.92. The maximum absolute atomic E-state index is 5.49. The van der Waals surface area contributed by atoms with Crippen LogP contribution in [0.2, 0.25) is 0 Å². The smallest absolute Gasteiger partial charge is 0.231 e. The van der Waals surface area contributed by atoms with Crippen LogP contribution in [0.3, 0.4) is 0 Å². The molecular weight excluding hydrogens is 414 g/mol. The second kappa shape index (κ2) is 5.44. The normalized spacial score (nSPS) is 12.6. The highest BCUT2D eigenvalue weighted by Crippen LogP contribution is 2.44. The highest BCUT2D eigenvalue weighted by molar-refractivity contribution is 9.11. The van der Waals surface area contributed by atoms with Crippen molar-refractivity contribution in [1.29, 1.82) is 0 Å². The monoisotopic (exact) mass is 421 g/mol. The molecule has 0 spiro atoms. The van der Waals surface area contributed by atoms with E-state index in [4.69, 9.17) is 14.0 Å². The molecule has 6 heteroatoms. The number of hydrogen-bond acceptors (Lipinski definition) is 4. The van der Waals surface area contributed by atoms with Crippen molar-refractivity contribution in [3.05, 3.63) is 51.5 Å². The van der Waals surface area contributed by atoms with E-state index in [2.05, 4.69) is 37.0 Å². The van der Waals surface area contributed by atoms with Gasteiger partial charge in [0.2, 0.25) is 6.79 Å². The highest BCUT2D eigenvalue weighted by Gasteiger charge is 2.21. The number of nitrogens with zero attached hydrogens (tertiary/aromatic N) is 1. The van der Waals surface area contributed by atoms with E-state index in [1.165, 1.54) is 0 Å². The molecule has 4 nitrogen and oxygen atoms in total. The molecule has 0 atom stereocenters.